The molecular weight excluding hydrogens is 240 g/mol. The smallest absolute Gasteiger partial charge is 0.143 e. The minimum absolute atomic E-state index is 0.523. The van der Waals surface area contributed by atoms with Gasteiger partial charge in [-0.25, -0.2) is 0 Å². The van der Waals surface area contributed by atoms with Crippen LogP contribution in [-0.4, -0.2) is 7.11 Å². The molecule has 0 aliphatic rings. The Balaban J connectivity index is 2.16. The summed E-state index contributed by atoms with van der Waals surface area (Å²) in [5.74, 6) is 2.45. The van der Waals surface area contributed by atoms with E-state index in [1.807, 2.05) is 25.1 Å². The van der Waals surface area contributed by atoms with Crippen molar-refractivity contribution in [2.45, 2.75) is 19.9 Å². The van der Waals surface area contributed by atoms with Gasteiger partial charge in [0.15, 0.2) is 0 Å². The third-order valence-electron chi connectivity index (χ3n) is 2.87. The van der Waals surface area contributed by atoms with Gasteiger partial charge >= 0.3 is 0 Å². The Morgan fingerprint density at radius 2 is 2.05 bits per heavy atom. The molecule has 0 spiro atoms. The molecule has 0 unspecified atom stereocenters. The number of aryl methyl sites for hydroxylation is 1. The van der Waals surface area contributed by atoms with E-state index < -0.39 is 0 Å². The van der Waals surface area contributed by atoms with Crippen LogP contribution in [0.1, 0.15) is 24.0 Å². The highest BCUT2D eigenvalue weighted by Crippen LogP contribution is 2.28. The van der Waals surface area contributed by atoms with Crippen molar-refractivity contribution in [2.24, 2.45) is 0 Å². The molecule has 0 fully saturated rings. The SMILES string of the molecule is CCc1ccc(CNc2c(C#N)cccc2OC)o1. The molecule has 0 saturated heterocycles. The Morgan fingerprint density at radius 3 is 2.68 bits per heavy atom. The minimum Gasteiger partial charge on any atom is -0.495 e. The average Bonchev–Trinajstić information content (AvgIpc) is 2.92. The van der Waals surface area contributed by atoms with Crippen LogP contribution in [0.4, 0.5) is 5.69 Å². The Bertz CT molecular complexity index is 596. The van der Waals surface area contributed by atoms with Gasteiger partial charge in [0.05, 0.1) is 24.9 Å². The zero-order valence-electron chi connectivity index (χ0n) is 11.1. The molecular formula is C15H16N2O2. The van der Waals surface area contributed by atoms with E-state index in [0.29, 0.717) is 23.5 Å². The van der Waals surface area contributed by atoms with E-state index in [9.17, 15) is 0 Å². The Hall–Kier alpha value is -2.41. The van der Waals surface area contributed by atoms with Gasteiger partial charge in [-0.15, -0.1) is 0 Å². The second-order valence-electron chi connectivity index (χ2n) is 4.07. The van der Waals surface area contributed by atoms with Gasteiger partial charge in [-0.1, -0.05) is 13.0 Å². The maximum atomic E-state index is 9.11. The lowest BCUT2D eigenvalue weighted by Gasteiger charge is -2.11. The summed E-state index contributed by atoms with van der Waals surface area (Å²) in [6.45, 7) is 2.57. The third-order valence-corrected chi connectivity index (χ3v) is 2.87. The predicted octanol–water partition coefficient (Wildman–Crippen LogP) is 3.33. The van der Waals surface area contributed by atoms with Crippen molar-refractivity contribution in [1.82, 2.24) is 0 Å². The molecule has 1 heterocycles. The number of para-hydroxylation sites is 1. The number of hydrogen-bond acceptors (Lipinski definition) is 4. The fourth-order valence-electron chi connectivity index (χ4n) is 1.86. The van der Waals surface area contributed by atoms with Crippen molar-refractivity contribution in [3.63, 3.8) is 0 Å². The summed E-state index contributed by atoms with van der Waals surface area (Å²) in [6.07, 6.45) is 0.873. The second kappa shape index (κ2) is 5.96. The number of hydrogen-bond donors (Lipinski definition) is 1. The van der Waals surface area contributed by atoms with Gasteiger partial charge in [-0.2, -0.15) is 5.26 Å². The van der Waals surface area contributed by atoms with Crippen molar-refractivity contribution in [3.05, 3.63) is 47.4 Å². The van der Waals surface area contributed by atoms with Gasteiger partial charge in [0.2, 0.25) is 0 Å². The molecule has 0 amide bonds. The number of anilines is 1. The summed E-state index contributed by atoms with van der Waals surface area (Å²) in [5.41, 5.74) is 1.25. The zero-order chi connectivity index (χ0) is 13.7. The first-order chi connectivity index (χ1) is 9.28. The number of methoxy groups -OCH3 is 1. The summed E-state index contributed by atoms with van der Waals surface area (Å²) < 4.78 is 10.9. The molecule has 19 heavy (non-hydrogen) atoms. The highest BCUT2D eigenvalue weighted by atomic mass is 16.5. The van der Waals surface area contributed by atoms with Gasteiger partial charge in [0.25, 0.3) is 0 Å². The number of benzene rings is 1. The summed E-state index contributed by atoms with van der Waals surface area (Å²) >= 11 is 0. The van der Waals surface area contributed by atoms with Gasteiger partial charge in [0, 0.05) is 6.42 Å². The van der Waals surface area contributed by atoms with E-state index in [0.717, 1.165) is 17.9 Å². The summed E-state index contributed by atoms with van der Waals surface area (Å²) in [6, 6.07) is 11.4. The molecule has 0 saturated carbocycles. The molecule has 2 aromatic rings. The van der Waals surface area contributed by atoms with E-state index in [1.54, 1.807) is 19.2 Å². The van der Waals surface area contributed by atoms with Crippen LogP contribution in [0.5, 0.6) is 5.75 Å². The Labute approximate surface area is 112 Å². The number of nitriles is 1. The van der Waals surface area contributed by atoms with Crippen LogP contribution in [0, 0.1) is 11.3 Å². The summed E-state index contributed by atoms with van der Waals surface area (Å²) in [5, 5.41) is 12.3. The molecule has 4 heteroatoms. The van der Waals surface area contributed by atoms with Gasteiger partial charge in [0.1, 0.15) is 23.3 Å². The quantitative estimate of drug-likeness (QED) is 0.891. The number of furan rings is 1. The molecule has 0 aliphatic heterocycles. The van der Waals surface area contributed by atoms with Crippen molar-refractivity contribution in [2.75, 3.05) is 12.4 Å². The average molecular weight is 256 g/mol. The van der Waals surface area contributed by atoms with Crippen LogP contribution in [-0.2, 0) is 13.0 Å². The minimum atomic E-state index is 0.523. The van der Waals surface area contributed by atoms with Gasteiger partial charge in [-0.3, -0.25) is 0 Å². The summed E-state index contributed by atoms with van der Waals surface area (Å²) in [7, 11) is 1.59. The molecule has 2 rings (SSSR count). The van der Waals surface area contributed by atoms with E-state index in [4.69, 9.17) is 14.4 Å². The van der Waals surface area contributed by atoms with Crippen LogP contribution in [0.2, 0.25) is 0 Å². The Morgan fingerprint density at radius 1 is 1.26 bits per heavy atom. The number of nitrogens with zero attached hydrogens (tertiary/aromatic N) is 1. The van der Waals surface area contributed by atoms with Crippen molar-refractivity contribution >= 4 is 5.69 Å². The highest BCUT2D eigenvalue weighted by molar-refractivity contribution is 5.66. The van der Waals surface area contributed by atoms with Crippen LogP contribution in [0.25, 0.3) is 0 Å². The number of nitrogens with one attached hydrogen (secondary N) is 1. The topological polar surface area (TPSA) is 58.2 Å². The maximum absolute atomic E-state index is 9.11. The third kappa shape index (κ3) is 2.89. The first kappa shape index (κ1) is 13.0. The largest absolute Gasteiger partial charge is 0.495 e. The fourth-order valence-corrected chi connectivity index (χ4v) is 1.86. The molecule has 98 valence electrons. The van der Waals surface area contributed by atoms with Crippen molar-refractivity contribution in [1.29, 1.82) is 5.26 Å². The molecule has 0 atom stereocenters. The van der Waals surface area contributed by atoms with Gasteiger partial charge < -0.3 is 14.5 Å². The van der Waals surface area contributed by atoms with Crippen molar-refractivity contribution in [3.8, 4) is 11.8 Å². The van der Waals surface area contributed by atoms with Gasteiger partial charge in [-0.05, 0) is 24.3 Å². The molecule has 0 bridgehead atoms. The van der Waals surface area contributed by atoms with Crippen LogP contribution >= 0.6 is 0 Å². The molecule has 1 N–H and O–H groups in total. The zero-order valence-corrected chi connectivity index (χ0v) is 11.1. The van der Waals surface area contributed by atoms with Crippen LogP contribution in [0.15, 0.2) is 34.7 Å². The second-order valence-corrected chi connectivity index (χ2v) is 4.07. The first-order valence-electron chi connectivity index (χ1n) is 6.17. The van der Waals surface area contributed by atoms with Crippen molar-refractivity contribution < 1.29 is 9.15 Å². The predicted molar refractivity (Wildman–Crippen MR) is 73.1 cm³/mol. The normalized spacial score (nSPS) is 9.95. The number of ether oxygens (including phenoxy) is 1. The number of rotatable bonds is 5. The van der Waals surface area contributed by atoms with E-state index >= 15 is 0 Å². The lowest BCUT2D eigenvalue weighted by molar-refractivity contribution is 0.416. The molecule has 4 nitrogen and oxygen atoms in total. The maximum Gasteiger partial charge on any atom is 0.143 e. The Kier molecular flexibility index (Phi) is 4.09. The van der Waals surface area contributed by atoms with Crippen LogP contribution < -0.4 is 10.1 Å². The monoisotopic (exact) mass is 256 g/mol. The van der Waals surface area contributed by atoms with E-state index in [-0.39, 0.29) is 0 Å². The first-order valence-corrected chi connectivity index (χ1v) is 6.17. The van der Waals surface area contributed by atoms with E-state index in [1.165, 1.54) is 0 Å². The summed E-state index contributed by atoms with van der Waals surface area (Å²) in [4.78, 5) is 0. The standard InChI is InChI=1S/C15H16N2O2/c1-3-12-7-8-13(19-12)10-17-15-11(9-16)5-4-6-14(15)18-2/h4-8,17H,3,10H2,1-2H3. The molecule has 1 aromatic heterocycles. The highest BCUT2D eigenvalue weighted by Gasteiger charge is 2.09. The van der Waals surface area contributed by atoms with E-state index in [2.05, 4.69) is 11.4 Å². The van der Waals surface area contributed by atoms with Crippen LogP contribution in [0.3, 0.4) is 0 Å². The molecule has 0 aliphatic carbocycles. The lowest BCUT2D eigenvalue weighted by atomic mass is 10.1. The molecule has 1 aromatic carbocycles. The molecule has 0 radical (unpaired) electrons. The fraction of sp³-hybridized carbons (Fsp3) is 0.267. The lowest BCUT2D eigenvalue weighted by Crippen LogP contribution is -2.02.